The lowest BCUT2D eigenvalue weighted by Crippen LogP contribution is -2.25. The molecule has 5 nitrogen and oxygen atoms in total. The third-order valence-corrected chi connectivity index (χ3v) is 8.07. The van der Waals surface area contributed by atoms with E-state index < -0.39 is 10.0 Å². The van der Waals surface area contributed by atoms with E-state index in [0.29, 0.717) is 11.2 Å². The quantitative estimate of drug-likeness (QED) is 0.214. The standard InChI is InChI=1S/C24H41N3O2S2/c1-3-4-5-6-7-8-9-10-11-12-13-14-15-18-21-31(28,29)26-25-24-27(2)22-19-16-17-20-23(22)30-24/h16-17,19-20,26H,3-15,18,21H2,1-2H3/b25-24+. The first kappa shape index (κ1) is 25.9. The molecule has 1 aromatic carbocycles. The van der Waals surface area contributed by atoms with E-state index in [2.05, 4.69) is 16.9 Å². The maximum absolute atomic E-state index is 12.2. The van der Waals surface area contributed by atoms with Crippen molar-refractivity contribution in [2.75, 3.05) is 5.75 Å². The number of thiazole rings is 1. The minimum absolute atomic E-state index is 0.142. The third-order valence-electron chi connectivity index (χ3n) is 5.76. The molecule has 0 amide bonds. The summed E-state index contributed by atoms with van der Waals surface area (Å²) in [7, 11) is -1.47. The Balaban J connectivity index is 1.52. The average molecular weight is 468 g/mol. The Morgan fingerprint density at radius 2 is 1.35 bits per heavy atom. The van der Waals surface area contributed by atoms with E-state index in [4.69, 9.17) is 0 Å². The number of benzene rings is 1. The van der Waals surface area contributed by atoms with Crippen LogP contribution < -0.4 is 9.63 Å². The molecule has 1 aromatic heterocycles. The van der Waals surface area contributed by atoms with Crippen molar-refractivity contribution < 1.29 is 8.42 Å². The van der Waals surface area contributed by atoms with Gasteiger partial charge in [0.1, 0.15) is 0 Å². The zero-order valence-corrected chi connectivity index (χ0v) is 21.1. The average Bonchev–Trinajstić information content (AvgIpc) is 3.08. The summed E-state index contributed by atoms with van der Waals surface area (Å²) in [6.07, 6.45) is 17.6. The van der Waals surface area contributed by atoms with E-state index in [0.717, 1.165) is 23.1 Å². The van der Waals surface area contributed by atoms with E-state index in [9.17, 15) is 8.42 Å². The summed E-state index contributed by atoms with van der Waals surface area (Å²) < 4.78 is 27.5. The Labute approximate surface area is 193 Å². The maximum atomic E-state index is 12.2. The highest BCUT2D eigenvalue weighted by Crippen LogP contribution is 2.15. The molecule has 7 heteroatoms. The zero-order chi connectivity index (χ0) is 22.4. The molecule has 0 unspecified atom stereocenters. The van der Waals surface area contributed by atoms with Crippen molar-refractivity contribution in [3.8, 4) is 0 Å². The van der Waals surface area contributed by atoms with Crippen molar-refractivity contribution in [1.29, 1.82) is 0 Å². The highest BCUT2D eigenvalue weighted by atomic mass is 32.2. The van der Waals surface area contributed by atoms with E-state index in [1.807, 2.05) is 35.9 Å². The molecule has 0 spiro atoms. The van der Waals surface area contributed by atoms with Gasteiger partial charge in [-0.25, -0.2) is 13.2 Å². The van der Waals surface area contributed by atoms with Gasteiger partial charge in [-0.2, -0.15) is 0 Å². The number of rotatable bonds is 17. The number of fused-ring (bicyclic) bond motifs is 1. The number of nitrogens with zero attached hydrogens (tertiary/aromatic N) is 2. The van der Waals surface area contributed by atoms with Gasteiger partial charge in [0.15, 0.2) is 0 Å². The van der Waals surface area contributed by atoms with Gasteiger partial charge in [0.2, 0.25) is 14.8 Å². The van der Waals surface area contributed by atoms with Crippen LogP contribution in [0.2, 0.25) is 0 Å². The minimum atomic E-state index is -3.37. The number of para-hydroxylation sites is 1. The molecule has 0 bridgehead atoms. The SMILES string of the molecule is CCCCCCCCCCCCCCCCS(=O)(=O)N/N=c1/sc2ccccc2n1C. The maximum Gasteiger partial charge on any atom is 0.247 e. The molecule has 0 saturated carbocycles. The number of aromatic nitrogens is 1. The largest absolute Gasteiger partial charge is 0.318 e. The van der Waals surface area contributed by atoms with Crippen LogP contribution in [-0.4, -0.2) is 18.7 Å². The van der Waals surface area contributed by atoms with Gasteiger partial charge in [0, 0.05) is 7.05 Å². The Morgan fingerprint density at radius 3 is 1.90 bits per heavy atom. The second-order valence-corrected chi connectivity index (χ2v) is 11.4. The van der Waals surface area contributed by atoms with Gasteiger partial charge in [0.05, 0.1) is 16.0 Å². The number of unbranched alkanes of at least 4 members (excludes halogenated alkanes) is 13. The zero-order valence-electron chi connectivity index (χ0n) is 19.4. The molecule has 0 radical (unpaired) electrons. The Hall–Kier alpha value is -1.34. The summed E-state index contributed by atoms with van der Waals surface area (Å²) in [5.41, 5.74) is 1.05. The van der Waals surface area contributed by atoms with E-state index in [-0.39, 0.29) is 5.75 Å². The van der Waals surface area contributed by atoms with Gasteiger partial charge < -0.3 is 4.57 Å². The summed E-state index contributed by atoms with van der Waals surface area (Å²) in [6.45, 7) is 2.26. The summed E-state index contributed by atoms with van der Waals surface area (Å²) in [4.78, 5) is 3.07. The number of hydrogen-bond donors (Lipinski definition) is 1. The van der Waals surface area contributed by atoms with Gasteiger partial charge in [-0.05, 0) is 18.6 Å². The number of aryl methyl sites for hydroxylation is 1. The van der Waals surface area contributed by atoms with E-state index >= 15 is 0 Å². The lowest BCUT2D eigenvalue weighted by atomic mass is 10.0. The summed E-state index contributed by atoms with van der Waals surface area (Å²) in [5, 5.41) is 4.14. The van der Waals surface area contributed by atoms with Crippen LogP contribution >= 0.6 is 11.3 Å². The predicted molar refractivity (Wildman–Crippen MR) is 134 cm³/mol. The topological polar surface area (TPSA) is 63.5 Å². The third kappa shape index (κ3) is 10.2. The van der Waals surface area contributed by atoms with Crippen LogP contribution in [0.25, 0.3) is 10.2 Å². The highest BCUT2D eigenvalue weighted by Gasteiger charge is 2.09. The highest BCUT2D eigenvalue weighted by molar-refractivity contribution is 7.89. The molecule has 1 N–H and O–H groups in total. The van der Waals surface area contributed by atoms with Crippen LogP contribution in [0.5, 0.6) is 0 Å². The van der Waals surface area contributed by atoms with Crippen molar-refractivity contribution in [3.05, 3.63) is 29.1 Å². The molecule has 1 heterocycles. The van der Waals surface area contributed by atoms with Crippen molar-refractivity contribution in [2.24, 2.45) is 12.1 Å². The van der Waals surface area contributed by atoms with Crippen LogP contribution in [0.15, 0.2) is 29.4 Å². The minimum Gasteiger partial charge on any atom is -0.318 e. The smallest absolute Gasteiger partial charge is 0.247 e. The van der Waals surface area contributed by atoms with Gasteiger partial charge in [-0.3, -0.25) is 0 Å². The predicted octanol–water partition coefficient (Wildman–Crippen LogP) is 6.46. The Morgan fingerprint density at radius 1 is 0.839 bits per heavy atom. The van der Waals surface area contributed by atoms with Crippen LogP contribution in [-0.2, 0) is 17.1 Å². The lowest BCUT2D eigenvalue weighted by molar-refractivity contribution is 0.536. The number of hydrogen-bond acceptors (Lipinski definition) is 4. The molecule has 0 aliphatic heterocycles. The molecule has 0 aliphatic rings. The van der Waals surface area contributed by atoms with E-state index in [1.54, 1.807) is 0 Å². The lowest BCUT2D eigenvalue weighted by Gasteiger charge is -2.04. The summed E-state index contributed by atoms with van der Waals surface area (Å²) in [6, 6.07) is 7.97. The Bertz CT molecular complexity index is 916. The summed E-state index contributed by atoms with van der Waals surface area (Å²) in [5.74, 6) is 0.142. The molecule has 176 valence electrons. The number of nitrogens with one attached hydrogen (secondary N) is 1. The van der Waals surface area contributed by atoms with Crippen molar-refractivity contribution >= 4 is 31.6 Å². The van der Waals surface area contributed by atoms with Gasteiger partial charge >= 0.3 is 0 Å². The van der Waals surface area contributed by atoms with Crippen molar-refractivity contribution in [2.45, 2.75) is 96.8 Å². The molecule has 0 atom stereocenters. The van der Waals surface area contributed by atoms with Crippen LogP contribution in [0.4, 0.5) is 0 Å². The van der Waals surface area contributed by atoms with Crippen molar-refractivity contribution in [3.63, 3.8) is 0 Å². The summed E-state index contributed by atoms with van der Waals surface area (Å²) >= 11 is 1.48. The molecule has 0 fully saturated rings. The van der Waals surface area contributed by atoms with Crippen LogP contribution in [0, 0.1) is 0 Å². The van der Waals surface area contributed by atoms with Gasteiger partial charge in [0.25, 0.3) is 0 Å². The monoisotopic (exact) mass is 467 g/mol. The Kier molecular flexibility index (Phi) is 12.3. The van der Waals surface area contributed by atoms with E-state index in [1.165, 1.54) is 82.0 Å². The van der Waals surface area contributed by atoms with Crippen LogP contribution in [0.3, 0.4) is 0 Å². The second kappa shape index (κ2) is 14.7. The fraction of sp³-hybridized carbons (Fsp3) is 0.708. The number of sulfonamides is 1. The molecule has 0 aliphatic carbocycles. The first-order valence-corrected chi connectivity index (χ1v) is 14.6. The molecule has 0 saturated heterocycles. The first-order chi connectivity index (χ1) is 15.0. The first-order valence-electron chi connectivity index (χ1n) is 12.1. The molecule has 31 heavy (non-hydrogen) atoms. The fourth-order valence-corrected chi connectivity index (χ4v) is 5.77. The molecule has 2 aromatic rings. The molecule has 2 rings (SSSR count). The van der Waals surface area contributed by atoms with Crippen molar-refractivity contribution in [1.82, 2.24) is 9.40 Å². The van der Waals surface area contributed by atoms with Gasteiger partial charge in [-0.15, -0.1) is 5.10 Å². The van der Waals surface area contributed by atoms with Gasteiger partial charge in [-0.1, -0.05) is 114 Å². The molecular formula is C24H41N3O2S2. The van der Waals surface area contributed by atoms with Crippen LogP contribution in [0.1, 0.15) is 96.8 Å². The molecular weight excluding hydrogens is 426 g/mol. The normalized spacial score (nSPS) is 12.6. The fourth-order valence-electron chi connectivity index (χ4n) is 3.83. The second-order valence-electron chi connectivity index (χ2n) is 8.53.